The fourth-order valence-corrected chi connectivity index (χ4v) is 4.22. The first-order valence-electron chi connectivity index (χ1n) is 8.92. The zero-order valence-electron chi connectivity index (χ0n) is 13.7. The van der Waals surface area contributed by atoms with Gasteiger partial charge in [0.05, 0.1) is 0 Å². The number of hydrogen-bond donors (Lipinski definition) is 1. The zero-order chi connectivity index (χ0) is 14.4. The van der Waals surface area contributed by atoms with Crippen molar-refractivity contribution in [3.63, 3.8) is 0 Å². The molecule has 0 aromatic rings. The van der Waals surface area contributed by atoms with E-state index in [4.69, 9.17) is 5.73 Å². The summed E-state index contributed by atoms with van der Waals surface area (Å²) >= 11 is 0. The second-order valence-electron chi connectivity index (χ2n) is 7.01. The van der Waals surface area contributed by atoms with E-state index in [9.17, 15) is 0 Å². The van der Waals surface area contributed by atoms with Crippen LogP contribution in [0.5, 0.6) is 0 Å². The number of hydrogen-bond acceptors (Lipinski definition) is 3. The molecule has 3 atom stereocenters. The van der Waals surface area contributed by atoms with E-state index in [1.165, 1.54) is 71.1 Å². The Kier molecular flexibility index (Phi) is 6.79. The summed E-state index contributed by atoms with van der Waals surface area (Å²) in [6, 6.07) is 1.62. The number of nitrogens with zero attached hydrogens (tertiary/aromatic N) is 2. The molecule has 0 bridgehead atoms. The SMILES string of the molecule is CCCC(CCN)CCCN1CC2CCCN2CC1C. The molecule has 2 N–H and O–H groups in total. The van der Waals surface area contributed by atoms with Crippen LogP contribution in [0.1, 0.15) is 58.8 Å². The van der Waals surface area contributed by atoms with Gasteiger partial charge in [-0.15, -0.1) is 0 Å². The van der Waals surface area contributed by atoms with Crippen LogP contribution >= 0.6 is 0 Å². The lowest BCUT2D eigenvalue weighted by Crippen LogP contribution is -2.55. The summed E-state index contributed by atoms with van der Waals surface area (Å²) in [5, 5.41) is 0. The van der Waals surface area contributed by atoms with Crippen molar-refractivity contribution in [1.29, 1.82) is 0 Å². The Morgan fingerprint density at radius 3 is 2.80 bits per heavy atom. The fourth-order valence-electron chi connectivity index (χ4n) is 4.22. The number of piperazine rings is 1. The maximum atomic E-state index is 5.74. The second kappa shape index (κ2) is 8.35. The van der Waals surface area contributed by atoms with E-state index in [0.717, 1.165) is 24.5 Å². The maximum absolute atomic E-state index is 5.74. The van der Waals surface area contributed by atoms with Crippen molar-refractivity contribution >= 4 is 0 Å². The minimum Gasteiger partial charge on any atom is -0.330 e. The lowest BCUT2D eigenvalue weighted by Gasteiger charge is -2.42. The van der Waals surface area contributed by atoms with Gasteiger partial charge in [-0.2, -0.15) is 0 Å². The summed E-state index contributed by atoms with van der Waals surface area (Å²) in [7, 11) is 0. The van der Waals surface area contributed by atoms with Crippen molar-refractivity contribution in [3.8, 4) is 0 Å². The van der Waals surface area contributed by atoms with Gasteiger partial charge in [-0.1, -0.05) is 19.8 Å². The van der Waals surface area contributed by atoms with Crippen molar-refractivity contribution in [2.75, 3.05) is 32.7 Å². The van der Waals surface area contributed by atoms with E-state index < -0.39 is 0 Å². The quantitative estimate of drug-likeness (QED) is 0.742. The molecule has 118 valence electrons. The molecule has 3 unspecified atom stereocenters. The van der Waals surface area contributed by atoms with Crippen LogP contribution in [0, 0.1) is 5.92 Å². The predicted octanol–water partition coefficient (Wildman–Crippen LogP) is 2.70. The molecule has 20 heavy (non-hydrogen) atoms. The van der Waals surface area contributed by atoms with E-state index in [1.54, 1.807) is 0 Å². The van der Waals surface area contributed by atoms with Crippen LogP contribution in [0.4, 0.5) is 0 Å². The molecule has 0 aromatic heterocycles. The highest BCUT2D eigenvalue weighted by Crippen LogP contribution is 2.25. The molecule has 0 saturated carbocycles. The second-order valence-corrected chi connectivity index (χ2v) is 7.01. The van der Waals surface area contributed by atoms with Crippen molar-refractivity contribution < 1.29 is 0 Å². The van der Waals surface area contributed by atoms with Crippen LogP contribution in [0.2, 0.25) is 0 Å². The Balaban J connectivity index is 1.70. The van der Waals surface area contributed by atoms with Gasteiger partial charge in [-0.25, -0.2) is 0 Å². The fraction of sp³-hybridized carbons (Fsp3) is 1.00. The Morgan fingerprint density at radius 2 is 2.05 bits per heavy atom. The van der Waals surface area contributed by atoms with Gasteiger partial charge in [-0.05, 0) is 64.6 Å². The van der Waals surface area contributed by atoms with Gasteiger partial charge in [0, 0.05) is 25.2 Å². The molecule has 0 amide bonds. The lowest BCUT2D eigenvalue weighted by atomic mass is 9.94. The lowest BCUT2D eigenvalue weighted by molar-refractivity contribution is 0.0574. The Morgan fingerprint density at radius 1 is 1.20 bits per heavy atom. The molecule has 0 radical (unpaired) electrons. The van der Waals surface area contributed by atoms with E-state index in [2.05, 4.69) is 23.6 Å². The van der Waals surface area contributed by atoms with E-state index >= 15 is 0 Å². The highest BCUT2D eigenvalue weighted by Gasteiger charge is 2.33. The van der Waals surface area contributed by atoms with Gasteiger partial charge >= 0.3 is 0 Å². The molecule has 2 fully saturated rings. The van der Waals surface area contributed by atoms with Gasteiger partial charge in [-0.3, -0.25) is 9.80 Å². The molecular weight excluding hydrogens is 246 g/mol. The van der Waals surface area contributed by atoms with Crippen LogP contribution in [0.25, 0.3) is 0 Å². The molecule has 3 nitrogen and oxygen atoms in total. The summed E-state index contributed by atoms with van der Waals surface area (Å²) in [6.07, 6.45) is 9.48. The molecule has 2 aliphatic heterocycles. The average molecular weight is 281 g/mol. The van der Waals surface area contributed by atoms with Gasteiger partial charge in [0.2, 0.25) is 0 Å². The Labute approximate surface area is 125 Å². The van der Waals surface area contributed by atoms with Gasteiger partial charge < -0.3 is 5.73 Å². The van der Waals surface area contributed by atoms with E-state index in [1.807, 2.05) is 0 Å². The molecular formula is C17H35N3. The van der Waals surface area contributed by atoms with Gasteiger partial charge in [0.25, 0.3) is 0 Å². The summed E-state index contributed by atoms with van der Waals surface area (Å²) in [5.41, 5.74) is 5.74. The van der Waals surface area contributed by atoms with Gasteiger partial charge in [0.1, 0.15) is 0 Å². The van der Waals surface area contributed by atoms with Crippen LogP contribution in [-0.4, -0.2) is 54.6 Å². The third-order valence-electron chi connectivity index (χ3n) is 5.40. The average Bonchev–Trinajstić information content (AvgIpc) is 2.86. The molecule has 3 heteroatoms. The van der Waals surface area contributed by atoms with E-state index in [-0.39, 0.29) is 0 Å². The topological polar surface area (TPSA) is 32.5 Å². The molecule has 2 rings (SSSR count). The van der Waals surface area contributed by atoms with Crippen LogP contribution < -0.4 is 5.73 Å². The predicted molar refractivity (Wildman–Crippen MR) is 86.9 cm³/mol. The summed E-state index contributed by atoms with van der Waals surface area (Å²) in [4.78, 5) is 5.47. The minimum absolute atomic E-state index is 0.753. The number of nitrogens with two attached hydrogens (primary N) is 1. The van der Waals surface area contributed by atoms with Crippen molar-refractivity contribution in [3.05, 3.63) is 0 Å². The zero-order valence-corrected chi connectivity index (χ0v) is 13.7. The largest absolute Gasteiger partial charge is 0.330 e. The summed E-state index contributed by atoms with van der Waals surface area (Å²) < 4.78 is 0. The van der Waals surface area contributed by atoms with Crippen LogP contribution in [0.3, 0.4) is 0 Å². The molecule has 0 aliphatic carbocycles. The third kappa shape index (κ3) is 4.44. The van der Waals surface area contributed by atoms with Crippen molar-refractivity contribution in [2.45, 2.75) is 70.9 Å². The molecule has 2 heterocycles. The minimum atomic E-state index is 0.753. The first-order valence-corrected chi connectivity index (χ1v) is 8.92. The van der Waals surface area contributed by atoms with Crippen LogP contribution in [0.15, 0.2) is 0 Å². The molecule has 0 aromatic carbocycles. The first kappa shape index (κ1) is 16.3. The van der Waals surface area contributed by atoms with Crippen molar-refractivity contribution in [2.24, 2.45) is 11.7 Å². The Hall–Kier alpha value is -0.120. The molecule has 2 aliphatic rings. The Bertz CT molecular complexity index is 263. The number of fused-ring (bicyclic) bond motifs is 1. The van der Waals surface area contributed by atoms with Gasteiger partial charge in [0.15, 0.2) is 0 Å². The van der Waals surface area contributed by atoms with Crippen LogP contribution in [-0.2, 0) is 0 Å². The summed E-state index contributed by atoms with van der Waals surface area (Å²) in [5.74, 6) is 0.869. The van der Waals surface area contributed by atoms with Crippen molar-refractivity contribution in [1.82, 2.24) is 9.80 Å². The third-order valence-corrected chi connectivity index (χ3v) is 5.40. The molecule has 0 spiro atoms. The maximum Gasteiger partial charge on any atom is 0.0224 e. The summed E-state index contributed by atoms with van der Waals surface area (Å²) in [6.45, 7) is 10.8. The normalized spacial score (nSPS) is 29.6. The highest BCUT2D eigenvalue weighted by atomic mass is 15.3. The number of rotatable bonds is 8. The smallest absolute Gasteiger partial charge is 0.0224 e. The highest BCUT2D eigenvalue weighted by molar-refractivity contribution is 4.90. The first-order chi connectivity index (χ1) is 9.74. The standard InChI is InChI=1S/C17H35N3/c1-3-6-16(9-10-18)7-4-11-19-14-17-8-5-12-20(17)13-15(19)2/h15-17H,3-14,18H2,1-2H3. The monoisotopic (exact) mass is 281 g/mol. The van der Waals surface area contributed by atoms with E-state index in [0.29, 0.717) is 0 Å². The molecule has 2 saturated heterocycles.